The van der Waals surface area contributed by atoms with Crippen LogP contribution in [0.5, 0.6) is 0 Å². The molecule has 3 aromatic heterocycles. The highest BCUT2D eigenvalue weighted by Gasteiger charge is 2.19. The molecule has 3 heterocycles. The molecule has 0 atom stereocenters. The van der Waals surface area contributed by atoms with Crippen molar-refractivity contribution < 1.29 is 4.39 Å². The first kappa shape index (κ1) is 16.0. The summed E-state index contributed by atoms with van der Waals surface area (Å²) in [6, 6.07) is 8.34. The normalized spacial score (nSPS) is 11.9. The Labute approximate surface area is 156 Å². The zero-order chi connectivity index (χ0) is 18.9. The molecule has 0 aliphatic rings. The number of fused-ring (bicyclic) bond motifs is 4. The van der Waals surface area contributed by atoms with E-state index in [0.717, 1.165) is 16.6 Å². The van der Waals surface area contributed by atoms with Gasteiger partial charge in [0.2, 0.25) is 0 Å². The molecule has 0 fully saturated rings. The molecule has 6 nitrogen and oxygen atoms in total. The zero-order valence-electron chi connectivity index (χ0n) is 14.4. The fraction of sp³-hybridized carbons (Fsp3) is 0.105. The standard InChI is InChI=1S/C19H13ClFN5O/c1-9-17-14(23-22-9)4-3-5-15(17)26-16-7-12(20)13(21)6-10(16)11-8-25(2)24-18(11)19(26)27/h3-8H,1-2H3,(H,22,23). The molecule has 0 aliphatic heterocycles. The number of nitrogens with one attached hydrogen (secondary N) is 1. The highest BCUT2D eigenvalue weighted by Crippen LogP contribution is 2.31. The third kappa shape index (κ3) is 2.15. The molecule has 0 spiro atoms. The molecule has 0 saturated carbocycles. The van der Waals surface area contributed by atoms with Crippen molar-refractivity contribution in [3.8, 4) is 5.69 Å². The lowest BCUT2D eigenvalue weighted by Crippen LogP contribution is -2.20. The first-order valence-corrected chi connectivity index (χ1v) is 8.64. The number of halogens is 2. The van der Waals surface area contributed by atoms with E-state index in [0.29, 0.717) is 22.0 Å². The number of pyridine rings is 1. The van der Waals surface area contributed by atoms with E-state index in [9.17, 15) is 9.18 Å². The molecule has 0 saturated heterocycles. The Balaban J connectivity index is 2.08. The highest BCUT2D eigenvalue weighted by molar-refractivity contribution is 6.31. The van der Waals surface area contributed by atoms with Gasteiger partial charge in [0.05, 0.1) is 21.7 Å². The number of aromatic amines is 1. The minimum Gasteiger partial charge on any atom is -0.282 e. The van der Waals surface area contributed by atoms with Crippen LogP contribution >= 0.6 is 11.6 Å². The molecule has 0 radical (unpaired) electrons. The topological polar surface area (TPSA) is 68.5 Å². The second-order valence-electron chi connectivity index (χ2n) is 6.51. The summed E-state index contributed by atoms with van der Waals surface area (Å²) in [5, 5.41) is 13.4. The third-order valence-electron chi connectivity index (χ3n) is 4.78. The van der Waals surface area contributed by atoms with Crippen molar-refractivity contribution in [2.75, 3.05) is 0 Å². The second-order valence-corrected chi connectivity index (χ2v) is 6.92. The van der Waals surface area contributed by atoms with Gasteiger partial charge in [-0.05, 0) is 31.2 Å². The Hall–Kier alpha value is -3.19. The number of aryl methyl sites for hydroxylation is 2. The van der Waals surface area contributed by atoms with Crippen molar-refractivity contribution >= 4 is 44.3 Å². The number of nitrogens with zero attached hydrogens (tertiary/aromatic N) is 4. The molecule has 0 bridgehead atoms. The monoisotopic (exact) mass is 381 g/mol. The SMILES string of the molecule is Cc1[nH]nc2cccc(-n3c(=O)c4nn(C)cc4c4cc(F)c(Cl)cc43)c12. The van der Waals surface area contributed by atoms with Gasteiger partial charge in [-0.3, -0.25) is 19.1 Å². The van der Waals surface area contributed by atoms with Crippen LogP contribution in [-0.2, 0) is 7.05 Å². The summed E-state index contributed by atoms with van der Waals surface area (Å²) in [4.78, 5) is 13.3. The fourth-order valence-electron chi connectivity index (χ4n) is 3.63. The maximum Gasteiger partial charge on any atom is 0.284 e. The molecule has 0 amide bonds. The third-order valence-corrected chi connectivity index (χ3v) is 5.07. The summed E-state index contributed by atoms with van der Waals surface area (Å²) in [6.07, 6.45) is 1.71. The van der Waals surface area contributed by atoms with Crippen LogP contribution < -0.4 is 5.56 Å². The van der Waals surface area contributed by atoms with Gasteiger partial charge in [-0.1, -0.05) is 17.7 Å². The van der Waals surface area contributed by atoms with Crippen LogP contribution in [0.25, 0.3) is 38.4 Å². The lowest BCUT2D eigenvalue weighted by Gasteiger charge is -2.13. The van der Waals surface area contributed by atoms with Gasteiger partial charge in [-0.25, -0.2) is 4.39 Å². The Morgan fingerprint density at radius 2 is 2.04 bits per heavy atom. The summed E-state index contributed by atoms with van der Waals surface area (Å²) < 4.78 is 17.3. The lowest BCUT2D eigenvalue weighted by molar-refractivity contribution is 0.630. The largest absolute Gasteiger partial charge is 0.284 e. The number of hydrogen-bond donors (Lipinski definition) is 1. The molecule has 27 heavy (non-hydrogen) atoms. The van der Waals surface area contributed by atoms with Gasteiger partial charge in [0.25, 0.3) is 5.56 Å². The number of aromatic nitrogens is 5. The van der Waals surface area contributed by atoms with Crippen LogP contribution in [0.15, 0.2) is 41.3 Å². The summed E-state index contributed by atoms with van der Waals surface area (Å²) in [5.41, 5.74) is 2.69. The summed E-state index contributed by atoms with van der Waals surface area (Å²) >= 11 is 6.05. The summed E-state index contributed by atoms with van der Waals surface area (Å²) in [5.74, 6) is -0.544. The Bertz CT molecular complexity index is 1450. The Morgan fingerprint density at radius 3 is 2.85 bits per heavy atom. The molecule has 5 aromatic rings. The van der Waals surface area contributed by atoms with Crippen molar-refractivity contribution in [1.82, 2.24) is 24.5 Å². The van der Waals surface area contributed by atoms with E-state index in [-0.39, 0.29) is 16.1 Å². The zero-order valence-corrected chi connectivity index (χ0v) is 15.2. The van der Waals surface area contributed by atoms with E-state index in [2.05, 4.69) is 15.3 Å². The average molecular weight is 382 g/mol. The fourth-order valence-corrected chi connectivity index (χ4v) is 3.78. The van der Waals surface area contributed by atoms with E-state index in [1.54, 1.807) is 17.9 Å². The van der Waals surface area contributed by atoms with Crippen LogP contribution in [0.2, 0.25) is 5.02 Å². The Morgan fingerprint density at radius 1 is 1.22 bits per heavy atom. The lowest BCUT2D eigenvalue weighted by atomic mass is 10.1. The van der Waals surface area contributed by atoms with Gasteiger partial charge in [-0.2, -0.15) is 10.2 Å². The molecular formula is C19H13ClFN5O. The average Bonchev–Trinajstić information content (AvgIpc) is 3.21. The van der Waals surface area contributed by atoms with Crippen LogP contribution in [-0.4, -0.2) is 24.5 Å². The maximum atomic E-state index is 14.2. The Kier molecular flexibility index (Phi) is 3.21. The smallest absolute Gasteiger partial charge is 0.282 e. The molecule has 8 heteroatoms. The van der Waals surface area contributed by atoms with E-state index in [4.69, 9.17) is 11.6 Å². The molecular weight excluding hydrogens is 369 g/mol. The van der Waals surface area contributed by atoms with Crippen molar-refractivity contribution in [2.24, 2.45) is 7.05 Å². The van der Waals surface area contributed by atoms with Crippen LogP contribution in [0.4, 0.5) is 4.39 Å². The van der Waals surface area contributed by atoms with Crippen LogP contribution in [0.1, 0.15) is 5.69 Å². The van der Waals surface area contributed by atoms with Gasteiger partial charge in [0, 0.05) is 35.1 Å². The predicted octanol–water partition coefficient (Wildman–Crippen LogP) is 3.85. The minimum absolute atomic E-state index is 0.0463. The number of H-pyrrole nitrogens is 1. The molecule has 5 rings (SSSR count). The van der Waals surface area contributed by atoms with Gasteiger partial charge in [0.1, 0.15) is 5.82 Å². The maximum absolute atomic E-state index is 14.2. The number of hydrogen-bond acceptors (Lipinski definition) is 3. The van der Waals surface area contributed by atoms with Crippen molar-refractivity contribution in [1.29, 1.82) is 0 Å². The molecule has 0 aliphatic carbocycles. The van der Waals surface area contributed by atoms with Crippen LogP contribution in [0, 0.1) is 12.7 Å². The van der Waals surface area contributed by atoms with E-state index < -0.39 is 5.82 Å². The van der Waals surface area contributed by atoms with Crippen LogP contribution in [0.3, 0.4) is 0 Å². The van der Waals surface area contributed by atoms with E-state index >= 15 is 0 Å². The van der Waals surface area contributed by atoms with Gasteiger partial charge in [-0.15, -0.1) is 0 Å². The van der Waals surface area contributed by atoms with E-state index in [1.165, 1.54) is 16.7 Å². The summed E-state index contributed by atoms with van der Waals surface area (Å²) in [7, 11) is 1.73. The molecule has 2 aromatic carbocycles. The van der Waals surface area contributed by atoms with Gasteiger partial charge >= 0.3 is 0 Å². The van der Waals surface area contributed by atoms with Gasteiger partial charge in [0.15, 0.2) is 5.52 Å². The molecule has 134 valence electrons. The molecule has 0 unspecified atom stereocenters. The quantitative estimate of drug-likeness (QED) is 0.479. The number of benzene rings is 2. The van der Waals surface area contributed by atoms with Crippen molar-refractivity contribution in [3.05, 3.63) is 63.4 Å². The highest BCUT2D eigenvalue weighted by atomic mass is 35.5. The predicted molar refractivity (Wildman–Crippen MR) is 103 cm³/mol. The molecule has 1 N–H and O–H groups in total. The minimum atomic E-state index is -0.544. The summed E-state index contributed by atoms with van der Waals surface area (Å²) in [6.45, 7) is 1.89. The number of rotatable bonds is 1. The van der Waals surface area contributed by atoms with Crippen molar-refractivity contribution in [3.63, 3.8) is 0 Å². The van der Waals surface area contributed by atoms with E-state index in [1.807, 2.05) is 25.1 Å². The first-order chi connectivity index (χ1) is 13.0. The second kappa shape index (κ2) is 5.40. The first-order valence-electron chi connectivity index (χ1n) is 8.27. The van der Waals surface area contributed by atoms with Gasteiger partial charge < -0.3 is 0 Å². The van der Waals surface area contributed by atoms with Crippen molar-refractivity contribution in [2.45, 2.75) is 6.92 Å².